The van der Waals surface area contributed by atoms with Crippen molar-refractivity contribution in [3.05, 3.63) is 35.1 Å². The third kappa shape index (κ3) is 3.30. The SMILES string of the molecule is Cc1ccc([C@H](C)NC(=O)[C@H]2C[C@@H](O)CN2)cc1F. The van der Waals surface area contributed by atoms with E-state index in [1.54, 1.807) is 19.1 Å². The Kier molecular flexibility index (Phi) is 4.17. The Morgan fingerprint density at radius 2 is 2.32 bits per heavy atom. The van der Waals surface area contributed by atoms with Crippen molar-refractivity contribution >= 4 is 5.91 Å². The predicted molar refractivity (Wildman–Crippen MR) is 70.1 cm³/mol. The van der Waals surface area contributed by atoms with Gasteiger partial charge in [-0.1, -0.05) is 12.1 Å². The minimum absolute atomic E-state index is 0.162. The van der Waals surface area contributed by atoms with Gasteiger partial charge in [-0.25, -0.2) is 4.39 Å². The molecular weight excluding hydrogens is 247 g/mol. The highest BCUT2D eigenvalue weighted by Gasteiger charge is 2.28. The fraction of sp³-hybridized carbons (Fsp3) is 0.500. The first-order chi connectivity index (χ1) is 8.97. The molecule has 19 heavy (non-hydrogen) atoms. The molecule has 0 spiro atoms. The molecular formula is C14H19FN2O2. The molecule has 2 rings (SSSR count). The van der Waals surface area contributed by atoms with Gasteiger partial charge >= 0.3 is 0 Å². The lowest BCUT2D eigenvalue weighted by Crippen LogP contribution is -2.41. The number of aliphatic hydroxyl groups excluding tert-OH is 1. The minimum Gasteiger partial charge on any atom is -0.392 e. The fourth-order valence-electron chi connectivity index (χ4n) is 2.19. The Hall–Kier alpha value is -1.46. The van der Waals surface area contributed by atoms with Crippen LogP contribution >= 0.6 is 0 Å². The topological polar surface area (TPSA) is 61.4 Å². The van der Waals surface area contributed by atoms with Gasteiger partial charge in [0.05, 0.1) is 18.2 Å². The monoisotopic (exact) mass is 266 g/mol. The average molecular weight is 266 g/mol. The highest BCUT2D eigenvalue weighted by Crippen LogP contribution is 2.17. The van der Waals surface area contributed by atoms with Crippen LogP contribution in [0.4, 0.5) is 4.39 Å². The summed E-state index contributed by atoms with van der Waals surface area (Å²) in [6.07, 6.45) is -0.0521. The molecule has 1 aliphatic rings. The van der Waals surface area contributed by atoms with Crippen LogP contribution < -0.4 is 10.6 Å². The maximum Gasteiger partial charge on any atom is 0.237 e. The Morgan fingerprint density at radius 1 is 1.58 bits per heavy atom. The van der Waals surface area contributed by atoms with Gasteiger partial charge in [-0.2, -0.15) is 0 Å². The molecule has 0 radical (unpaired) electrons. The van der Waals surface area contributed by atoms with Crippen LogP contribution in [0.3, 0.4) is 0 Å². The number of carbonyl (C=O) groups is 1. The molecule has 1 heterocycles. The van der Waals surface area contributed by atoms with E-state index in [1.165, 1.54) is 6.07 Å². The molecule has 1 aliphatic heterocycles. The van der Waals surface area contributed by atoms with Gasteiger partial charge in [-0.15, -0.1) is 0 Å². The second-order valence-electron chi connectivity index (χ2n) is 5.09. The number of β-amino-alcohol motifs (C(OH)–C–C–N with tert-alkyl or cyclic N) is 1. The molecule has 5 heteroatoms. The van der Waals surface area contributed by atoms with Crippen LogP contribution in [0.1, 0.15) is 30.5 Å². The molecule has 104 valence electrons. The van der Waals surface area contributed by atoms with Gasteiger partial charge in [-0.3, -0.25) is 4.79 Å². The van der Waals surface area contributed by atoms with Crippen LogP contribution in [0.25, 0.3) is 0 Å². The maximum absolute atomic E-state index is 13.5. The largest absolute Gasteiger partial charge is 0.392 e. The first kappa shape index (κ1) is 14.0. The van der Waals surface area contributed by atoms with E-state index in [-0.39, 0.29) is 23.8 Å². The summed E-state index contributed by atoms with van der Waals surface area (Å²) in [4.78, 5) is 11.9. The van der Waals surface area contributed by atoms with Gasteiger partial charge in [0.2, 0.25) is 5.91 Å². The van der Waals surface area contributed by atoms with Crippen LogP contribution in [0.5, 0.6) is 0 Å². The van der Waals surface area contributed by atoms with Crippen LogP contribution in [-0.4, -0.2) is 29.7 Å². The van der Waals surface area contributed by atoms with Crippen LogP contribution in [0.15, 0.2) is 18.2 Å². The van der Waals surface area contributed by atoms with Gasteiger partial charge in [-0.05, 0) is 37.5 Å². The van der Waals surface area contributed by atoms with Gasteiger partial charge < -0.3 is 15.7 Å². The predicted octanol–water partition coefficient (Wildman–Crippen LogP) is 1.03. The molecule has 3 atom stereocenters. The van der Waals surface area contributed by atoms with E-state index in [1.807, 2.05) is 6.92 Å². The zero-order valence-electron chi connectivity index (χ0n) is 11.1. The summed E-state index contributed by atoms with van der Waals surface area (Å²) in [7, 11) is 0. The highest BCUT2D eigenvalue weighted by atomic mass is 19.1. The first-order valence-corrected chi connectivity index (χ1v) is 6.45. The van der Waals surface area contributed by atoms with E-state index in [0.717, 1.165) is 5.56 Å². The summed E-state index contributed by atoms with van der Waals surface area (Å²) >= 11 is 0. The summed E-state index contributed by atoms with van der Waals surface area (Å²) in [5, 5.41) is 15.1. The molecule has 1 aromatic rings. The number of halogens is 1. The molecule has 0 aliphatic carbocycles. The van der Waals surface area contributed by atoms with E-state index in [4.69, 9.17) is 0 Å². The molecule has 0 aromatic heterocycles. The van der Waals surface area contributed by atoms with Gasteiger partial charge in [0.1, 0.15) is 5.82 Å². The van der Waals surface area contributed by atoms with Crippen molar-refractivity contribution in [2.75, 3.05) is 6.54 Å². The molecule has 0 bridgehead atoms. The maximum atomic E-state index is 13.5. The summed E-state index contributed by atoms with van der Waals surface area (Å²) < 4.78 is 13.5. The van der Waals surface area contributed by atoms with Gasteiger partial charge in [0.15, 0.2) is 0 Å². The van der Waals surface area contributed by atoms with Gasteiger partial charge in [0.25, 0.3) is 0 Å². The lowest BCUT2D eigenvalue weighted by atomic mass is 10.1. The molecule has 4 nitrogen and oxygen atoms in total. The van der Waals surface area contributed by atoms with Crippen molar-refractivity contribution in [1.82, 2.24) is 10.6 Å². The lowest BCUT2D eigenvalue weighted by molar-refractivity contribution is -0.123. The Labute approximate surface area is 112 Å². The van der Waals surface area contributed by atoms with Crippen molar-refractivity contribution < 1.29 is 14.3 Å². The van der Waals surface area contributed by atoms with E-state index in [2.05, 4.69) is 10.6 Å². The van der Waals surface area contributed by atoms with Crippen molar-refractivity contribution in [2.45, 2.75) is 38.5 Å². The zero-order chi connectivity index (χ0) is 14.0. The Bertz CT molecular complexity index is 479. The third-order valence-corrected chi connectivity index (χ3v) is 3.48. The van der Waals surface area contributed by atoms with Crippen LogP contribution in [-0.2, 0) is 4.79 Å². The first-order valence-electron chi connectivity index (χ1n) is 6.45. The van der Waals surface area contributed by atoms with Crippen molar-refractivity contribution in [2.24, 2.45) is 0 Å². The smallest absolute Gasteiger partial charge is 0.237 e. The third-order valence-electron chi connectivity index (χ3n) is 3.48. The van der Waals surface area contributed by atoms with E-state index >= 15 is 0 Å². The van der Waals surface area contributed by atoms with E-state index in [0.29, 0.717) is 18.5 Å². The number of rotatable bonds is 3. The number of hydrogen-bond donors (Lipinski definition) is 3. The Balaban J connectivity index is 1.98. The molecule has 1 fully saturated rings. The molecule has 1 aromatic carbocycles. The van der Waals surface area contributed by atoms with E-state index < -0.39 is 6.10 Å². The molecule has 0 unspecified atom stereocenters. The molecule has 1 saturated heterocycles. The number of nitrogens with one attached hydrogen (secondary N) is 2. The number of carbonyl (C=O) groups excluding carboxylic acids is 1. The van der Waals surface area contributed by atoms with Crippen molar-refractivity contribution in [1.29, 1.82) is 0 Å². The number of benzene rings is 1. The fourth-order valence-corrected chi connectivity index (χ4v) is 2.19. The standard InChI is InChI=1S/C14H19FN2O2/c1-8-3-4-10(5-12(8)15)9(2)17-14(19)13-6-11(18)7-16-13/h3-5,9,11,13,16,18H,6-7H2,1-2H3,(H,17,19)/t9-,11+,13+/m0/s1. The Morgan fingerprint density at radius 3 is 2.89 bits per heavy atom. The average Bonchev–Trinajstić information content (AvgIpc) is 2.79. The summed E-state index contributed by atoms with van der Waals surface area (Å²) in [5.74, 6) is -0.432. The summed E-state index contributed by atoms with van der Waals surface area (Å²) in [5.41, 5.74) is 1.32. The number of aliphatic hydroxyl groups is 1. The quantitative estimate of drug-likeness (QED) is 0.766. The van der Waals surface area contributed by atoms with Crippen LogP contribution in [0, 0.1) is 12.7 Å². The number of aryl methyl sites for hydroxylation is 1. The zero-order valence-corrected chi connectivity index (χ0v) is 11.1. The number of amides is 1. The van der Waals surface area contributed by atoms with Crippen LogP contribution in [0.2, 0.25) is 0 Å². The minimum atomic E-state index is -0.470. The second kappa shape index (κ2) is 5.67. The number of hydrogen-bond acceptors (Lipinski definition) is 3. The summed E-state index contributed by atoms with van der Waals surface area (Å²) in [6.45, 7) is 3.95. The molecule has 0 saturated carbocycles. The normalized spacial score (nSPS) is 24.2. The van der Waals surface area contributed by atoms with E-state index in [9.17, 15) is 14.3 Å². The molecule has 1 amide bonds. The van der Waals surface area contributed by atoms with Crippen molar-refractivity contribution in [3.63, 3.8) is 0 Å². The van der Waals surface area contributed by atoms with Gasteiger partial charge in [0, 0.05) is 6.54 Å². The molecule has 3 N–H and O–H groups in total. The summed E-state index contributed by atoms with van der Waals surface area (Å²) in [6, 6.07) is 4.32. The van der Waals surface area contributed by atoms with Crippen molar-refractivity contribution in [3.8, 4) is 0 Å². The second-order valence-corrected chi connectivity index (χ2v) is 5.09. The highest BCUT2D eigenvalue weighted by molar-refractivity contribution is 5.82. The lowest BCUT2D eigenvalue weighted by Gasteiger charge is -2.18.